The second kappa shape index (κ2) is 5.09. The normalized spacial score (nSPS) is 21.9. The molecule has 4 heteroatoms. The lowest BCUT2D eigenvalue weighted by molar-refractivity contribution is -0.0890. The fourth-order valence-corrected chi connectivity index (χ4v) is 2.48. The van der Waals surface area contributed by atoms with Crippen LogP contribution in [0.15, 0.2) is 30.3 Å². The Bertz CT molecular complexity index is 476. The summed E-state index contributed by atoms with van der Waals surface area (Å²) < 4.78 is 5.38. The van der Waals surface area contributed by atoms with E-state index in [9.17, 15) is 9.90 Å². The van der Waals surface area contributed by atoms with Crippen LogP contribution in [0.3, 0.4) is 0 Å². The van der Waals surface area contributed by atoms with Gasteiger partial charge in [0.25, 0.3) is 0 Å². The maximum atomic E-state index is 12.1. The first-order valence-electron chi connectivity index (χ1n) is 6.99. The third-order valence-corrected chi connectivity index (χ3v) is 3.65. The van der Waals surface area contributed by atoms with Gasteiger partial charge in [0, 0.05) is 6.54 Å². The van der Waals surface area contributed by atoms with Gasteiger partial charge in [-0.15, -0.1) is 0 Å². The molecule has 0 spiro atoms. The number of carbonyl (C=O) groups excluding carboxylic acids is 1. The quantitative estimate of drug-likeness (QED) is 0.904. The fraction of sp³-hybridized carbons (Fsp3) is 0.562. The summed E-state index contributed by atoms with van der Waals surface area (Å²) in [7, 11) is 0. The first kappa shape index (κ1) is 14.9. The Labute approximate surface area is 120 Å². The molecule has 2 atom stereocenters. The molecule has 0 radical (unpaired) electrons. The number of likely N-dealkylation sites (tertiary alicyclic amines) is 1. The third-order valence-electron chi connectivity index (χ3n) is 3.65. The van der Waals surface area contributed by atoms with Crippen molar-refractivity contribution in [3.05, 3.63) is 35.9 Å². The lowest BCUT2D eigenvalue weighted by Crippen LogP contribution is -2.61. The molecule has 1 fully saturated rings. The minimum Gasteiger partial charge on any atom is -0.444 e. The standard InChI is InChI=1S/C16H23NO3/c1-15(2,3)20-14(18)17-11-10-13(17)16(4,19)12-8-6-5-7-9-12/h5-9,13,19H,10-11H2,1-4H3. The minimum atomic E-state index is -1.06. The van der Waals surface area contributed by atoms with Crippen molar-refractivity contribution in [1.29, 1.82) is 0 Å². The molecule has 1 aliphatic rings. The summed E-state index contributed by atoms with van der Waals surface area (Å²) in [6.45, 7) is 7.91. The number of benzene rings is 1. The number of aliphatic hydroxyl groups is 1. The van der Waals surface area contributed by atoms with Crippen LogP contribution in [0.1, 0.15) is 39.7 Å². The minimum absolute atomic E-state index is 0.236. The van der Waals surface area contributed by atoms with Crippen molar-refractivity contribution in [3.63, 3.8) is 0 Å². The maximum absolute atomic E-state index is 12.1. The van der Waals surface area contributed by atoms with E-state index in [1.165, 1.54) is 0 Å². The molecule has 1 heterocycles. The zero-order valence-electron chi connectivity index (χ0n) is 12.6. The van der Waals surface area contributed by atoms with E-state index in [2.05, 4.69) is 0 Å². The van der Waals surface area contributed by atoms with Gasteiger partial charge >= 0.3 is 6.09 Å². The molecule has 1 N–H and O–H groups in total. The molecule has 0 aromatic heterocycles. The molecule has 20 heavy (non-hydrogen) atoms. The maximum Gasteiger partial charge on any atom is 0.410 e. The van der Waals surface area contributed by atoms with E-state index in [-0.39, 0.29) is 12.1 Å². The highest BCUT2D eigenvalue weighted by Crippen LogP contribution is 2.36. The zero-order chi connectivity index (χ0) is 15.0. The summed E-state index contributed by atoms with van der Waals surface area (Å²) in [5, 5.41) is 10.8. The van der Waals surface area contributed by atoms with E-state index < -0.39 is 11.2 Å². The third kappa shape index (κ3) is 2.96. The van der Waals surface area contributed by atoms with E-state index in [4.69, 9.17) is 4.74 Å². The summed E-state index contributed by atoms with van der Waals surface area (Å²) in [5.41, 5.74) is -0.759. The zero-order valence-corrected chi connectivity index (χ0v) is 12.6. The summed E-state index contributed by atoms with van der Waals surface area (Å²) >= 11 is 0. The van der Waals surface area contributed by atoms with Crippen LogP contribution in [0.25, 0.3) is 0 Å². The average molecular weight is 277 g/mol. The lowest BCUT2D eigenvalue weighted by Gasteiger charge is -2.48. The van der Waals surface area contributed by atoms with Crippen LogP contribution < -0.4 is 0 Å². The van der Waals surface area contributed by atoms with Crippen LogP contribution in [0, 0.1) is 0 Å². The van der Waals surface area contributed by atoms with Crippen LogP contribution in [0.5, 0.6) is 0 Å². The van der Waals surface area contributed by atoms with Gasteiger partial charge in [-0.2, -0.15) is 0 Å². The molecule has 110 valence electrons. The molecule has 0 aliphatic carbocycles. The van der Waals surface area contributed by atoms with Crippen LogP contribution in [0.2, 0.25) is 0 Å². The van der Waals surface area contributed by atoms with Crippen LogP contribution in [-0.2, 0) is 10.3 Å². The van der Waals surface area contributed by atoms with Crippen molar-refractivity contribution in [2.45, 2.75) is 51.4 Å². The van der Waals surface area contributed by atoms with Gasteiger partial charge in [-0.25, -0.2) is 4.79 Å². The van der Waals surface area contributed by atoms with Gasteiger partial charge in [-0.05, 0) is 39.7 Å². The smallest absolute Gasteiger partial charge is 0.410 e. The van der Waals surface area contributed by atoms with E-state index in [1.807, 2.05) is 51.1 Å². The first-order valence-corrected chi connectivity index (χ1v) is 6.99. The van der Waals surface area contributed by atoms with E-state index in [0.717, 1.165) is 12.0 Å². The molecule has 0 bridgehead atoms. The highest BCUT2D eigenvalue weighted by atomic mass is 16.6. The van der Waals surface area contributed by atoms with Crippen molar-refractivity contribution in [3.8, 4) is 0 Å². The van der Waals surface area contributed by atoms with Crippen molar-refractivity contribution >= 4 is 6.09 Å². The summed E-state index contributed by atoms with van der Waals surface area (Å²) in [4.78, 5) is 13.7. The molecule has 1 saturated heterocycles. The Hall–Kier alpha value is -1.55. The van der Waals surface area contributed by atoms with E-state index in [1.54, 1.807) is 11.8 Å². The Morgan fingerprint density at radius 1 is 1.25 bits per heavy atom. The number of carbonyl (C=O) groups is 1. The molecule has 2 unspecified atom stereocenters. The first-order chi connectivity index (χ1) is 9.22. The Morgan fingerprint density at radius 3 is 2.30 bits per heavy atom. The van der Waals surface area contributed by atoms with Gasteiger partial charge < -0.3 is 14.7 Å². The number of nitrogens with zero attached hydrogens (tertiary/aromatic N) is 1. The van der Waals surface area contributed by atoms with Gasteiger partial charge in [-0.3, -0.25) is 0 Å². The Morgan fingerprint density at radius 2 is 1.85 bits per heavy atom. The predicted octanol–water partition coefficient (Wildman–Crippen LogP) is 2.90. The highest BCUT2D eigenvalue weighted by molar-refractivity contribution is 5.70. The Kier molecular flexibility index (Phi) is 3.78. The second-order valence-electron chi connectivity index (χ2n) is 6.49. The van der Waals surface area contributed by atoms with E-state index in [0.29, 0.717) is 6.54 Å². The van der Waals surface area contributed by atoms with Gasteiger partial charge in [0.05, 0.1) is 6.04 Å². The largest absolute Gasteiger partial charge is 0.444 e. The van der Waals surface area contributed by atoms with Crippen molar-refractivity contribution in [2.24, 2.45) is 0 Å². The van der Waals surface area contributed by atoms with Gasteiger partial charge in [0.2, 0.25) is 0 Å². The van der Waals surface area contributed by atoms with Crippen molar-refractivity contribution in [2.75, 3.05) is 6.54 Å². The van der Waals surface area contributed by atoms with E-state index >= 15 is 0 Å². The molecule has 1 aliphatic heterocycles. The number of hydrogen-bond acceptors (Lipinski definition) is 3. The van der Waals surface area contributed by atoms with Gasteiger partial charge in [0.15, 0.2) is 0 Å². The van der Waals surface area contributed by atoms with Gasteiger partial charge in [0.1, 0.15) is 11.2 Å². The fourth-order valence-electron chi connectivity index (χ4n) is 2.48. The number of hydrogen-bond donors (Lipinski definition) is 1. The van der Waals surface area contributed by atoms with Crippen LogP contribution in [0.4, 0.5) is 4.79 Å². The lowest BCUT2D eigenvalue weighted by atomic mass is 9.81. The molecule has 1 amide bonds. The summed E-state index contributed by atoms with van der Waals surface area (Å²) in [5.74, 6) is 0. The van der Waals surface area contributed by atoms with Crippen LogP contribution >= 0.6 is 0 Å². The molecule has 2 rings (SSSR count). The highest BCUT2D eigenvalue weighted by Gasteiger charge is 2.46. The summed E-state index contributed by atoms with van der Waals surface area (Å²) in [6, 6.07) is 9.21. The van der Waals surface area contributed by atoms with Crippen molar-refractivity contribution in [1.82, 2.24) is 4.90 Å². The van der Waals surface area contributed by atoms with Crippen LogP contribution in [-0.4, -0.2) is 34.3 Å². The number of amides is 1. The molecule has 1 aromatic rings. The topological polar surface area (TPSA) is 49.8 Å². The molecular formula is C16H23NO3. The Balaban J connectivity index is 2.12. The monoisotopic (exact) mass is 277 g/mol. The second-order valence-corrected chi connectivity index (χ2v) is 6.49. The average Bonchev–Trinajstić information content (AvgIpc) is 2.25. The summed E-state index contributed by atoms with van der Waals surface area (Å²) in [6.07, 6.45) is 0.422. The SMILES string of the molecule is CC(C)(C)OC(=O)N1CCC1C(C)(O)c1ccccc1. The predicted molar refractivity (Wildman–Crippen MR) is 77.4 cm³/mol. The number of ether oxygens (including phenoxy) is 1. The molecular weight excluding hydrogens is 254 g/mol. The molecule has 1 aromatic carbocycles. The molecule has 0 saturated carbocycles. The van der Waals surface area contributed by atoms with Gasteiger partial charge in [-0.1, -0.05) is 30.3 Å². The number of rotatable bonds is 2. The van der Waals surface area contributed by atoms with Crippen molar-refractivity contribution < 1.29 is 14.6 Å². The molecule has 4 nitrogen and oxygen atoms in total.